The lowest BCUT2D eigenvalue weighted by Crippen LogP contribution is -2.30. The average Bonchev–Trinajstić information content (AvgIpc) is 3.08. The molecule has 2 aromatic carbocycles. The molecule has 2 heterocycles. The zero-order valence-electron chi connectivity index (χ0n) is 18.4. The van der Waals surface area contributed by atoms with Gasteiger partial charge in [-0.1, -0.05) is 24.3 Å². The molecule has 0 radical (unpaired) electrons. The number of amides is 1. The van der Waals surface area contributed by atoms with Crippen LogP contribution in [-0.2, 0) is 4.79 Å². The number of hydrogen-bond acceptors (Lipinski definition) is 4. The number of aryl methyl sites for hydroxylation is 4. The maximum Gasteiger partial charge on any atom is 0.265 e. The van der Waals surface area contributed by atoms with E-state index in [1.807, 2.05) is 87.0 Å². The van der Waals surface area contributed by atoms with E-state index >= 15 is 0 Å². The van der Waals surface area contributed by atoms with Gasteiger partial charge in [0.15, 0.2) is 11.8 Å². The summed E-state index contributed by atoms with van der Waals surface area (Å²) in [4.78, 5) is 17.4. The molecule has 0 saturated heterocycles. The van der Waals surface area contributed by atoms with Gasteiger partial charge in [0.1, 0.15) is 0 Å². The summed E-state index contributed by atoms with van der Waals surface area (Å²) in [6.07, 6.45) is -0.708. The third kappa shape index (κ3) is 4.14. The molecule has 4 rings (SSSR count). The number of carbonyl (C=O) groups excluding carboxylic acids is 1. The van der Waals surface area contributed by atoms with Crippen molar-refractivity contribution >= 4 is 22.6 Å². The Hall–Kier alpha value is -3.67. The van der Waals surface area contributed by atoms with Gasteiger partial charge in [-0.2, -0.15) is 10.1 Å². The quantitative estimate of drug-likeness (QED) is 0.496. The third-order valence-corrected chi connectivity index (χ3v) is 5.43. The van der Waals surface area contributed by atoms with Crippen LogP contribution in [0.25, 0.3) is 16.7 Å². The van der Waals surface area contributed by atoms with Crippen molar-refractivity contribution < 1.29 is 9.53 Å². The summed E-state index contributed by atoms with van der Waals surface area (Å²) in [5.41, 5.74) is 6.59. The minimum Gasteiger partial charge on any atom is -0.464 e. The second-order valence-corrected chi connectivity index (χ2v) is 7.86. The number of fused-ring (bicyclic) bond motifs is 1. The summed E-state index contributed by atoms with van der Waals surface area (Å²) in [6.45, 7) is 9.75. The van der Waals surface area contributed by atoms with Gasteiger partial charge in [-0.25, -0.2) is 4.68 Å². The van der Waals surface area contributed by atoms with E-state index < -0.39 is 6.10 Å². The van der Waals surface area contributed by atoms with Crippen LogP contribution < -0.4 is 10.1 Å². The van der Waals surface area contributed by atoms with Crippen molar-refractivity contribution in [2.75, 3.05) is 5.32 Å². The maximum atomic E-state index is 12.7. The van der Waals surface area contributed by atoms with Crippen LogP contribution in [0.3, 0.4) is 0 Å². The SMILES string of the molecule is Cc1ccc(NC(=O)C(C)Oc2cc(C)c3c(C)nn(-c4ccccc4)c3n2)cc1C. The molecule has 6 heteroatoms. The Morgan fingerprint density at radius 3 is 2.42 bits per heavy atom. The molecule has 1 amide bonds. The minimum absolute atomic E-state index is 0.226. The normalized spacial score (nSPS) is 12.0. The second-order valence-electron chi connectivity index (χ2n) is 7.86. The van der Waals surface area contributed by atoms with Crippen molar-refractivity contribution in [1.29, 1.82) is 0 Å². The van der Waals surface area contributed by atoms with Crippen molar-refractivity contribution in [3.05, 3.63) is 77.0 Å². The topological polar surface area (TPSA) is 69.0 Å². The van der Waals surface area contributed by atoms with Crippen LogP contribution in [0.4, 0.5) is 5.69 Å². The van der Waals surface area contributed by atoms with Crippen LogP contribution in [-0.4, -0.2) is 26.8 Å². The van der Waals surface area contributed by atoms with E-state index in [1.165, 1.54) is 5.56 Å². The van der Waals surface area contributed by atoms with Gasteiger partial charge in [-0.3, -0.25) is 4.79 Å². The largest absolute Gasteiger partial charge is 0.464 e. The van der Waals surface area contributed by atoms with Crippen molar-refractivity contribution in [3.8, 4) is 11.6 Å². The zero-order chi connectivity index (χ0) is 22.1. The van der Waals surface area contributed by atoms with Crippen LogP contribution in [0.2, 0.25) is 0 Å². The Balaban J connectivity index is 1.60. The first-order chi connectivity index (χ1) is 14.8. The van der Waals surface area contributed by atoms with Gasteiger partial charge in [-0.15, -0.1) is 0 Å². The van der Waals surface area contributed by atoms with Gasteiger partial charge in [-0.05, 0) is 75.6 Å². The van der Waals surface area contributed by atoms with E-state index in [0.29, 0.717) is 11.5 Å². The molecular formula is C25H26N4O2. The first-order valence-corrected chi connectivity index (χ1v) is 10.3. The number of benzene rings is 2. The highest BCUT2D eigenvalue weighted by molar-refractivity contribution is 5.94. The lowest BCUT2D eigenvalue weighted by Gasteiger charge is -2.15. The molecule has 1 unspecified atom stereocenters. The zero-order valence-corrected chi connectivity index (χ0v) is 18.4. The smallest absolute Gasteiger partial charge is 0.265 e. The highest BCUT2D eigenvalue weighted by atomic mass is 16.5. The summed E-state index contributed by atoms with van der Waals surface area (Å²) >= 11 is 0. The molecule has 31 heavy (non-hydrogen) atoms. The molecule has 2 aromatic heterocycles. The first-order valence-electron chi connectivity index (χ1n) is 10.3. The number of pyridine rings is 1. The number of para-hydroxylation sites is 1. The molecule has 0 aliphatic carbocycles. The van der Waals surface area contributed by atoms with E-state index in [1.54, 1.807) is 6.92 Å². The molecule has 1 N–H and O–H groups in total. The average molecular weight is 415 g/mol. The monoisotopic (exact) mass is 414 g/mol. The summed E-state index contributed by atoms with van der Waals surface area (Å²) in [5.74, 6) is 0.167. The van der Waals surface area contributed by atoms with Gasteiger partial charge in [0.25, 0.3) is 5.91 Å². The van der Waals surface area contributed by atoms with Crippen molar-refractivity contribution in [3.63, 3.8) is 0 Å². The predicted molar refractivity (Wildman–Crippen MR) is 123 cm³/mol. The Labute approximate surface area is 181 Å². The second kappa shape index (κ2) is 8.22. The number of ether oxygens (including phenoxy) is 1. The van der Waals surface area contributed by atoms with E-state index in [9.17, 15) is 4.79 Å². The Bertz CT molecular complexity index is 1260. The molecule has 0 spiro atoms. The molecule has 0 fully saturated rings. The summed E-state index contributed by atoms with van der Waals surface area (Å²) < 4.78 is 7.74. The number of nitrogens with zero attached hydrogens (tertiary/aromatic N) is 3. The number of aromatic nitrogens is 3. The molecule has 4 aromatic rings. The first kappa shape index (κ1) is 20.6. The molecule has 1 atom stereocenters. The fraction of sp³-hybridized carbons (Fsp3) is 0.240. The molecule has 0 bridgehead atoms. The molecule has 158 valence electrons. The Morgan fingerprint density at radius 2 is 1.71 bits per heavy atom. The minimum atomic E-state index is -0.708. The number of carbonyl (C=O) groups is 1. The van der Waals surface area contributed by atoms with Crippen LogP contribution >= 0.6 is 0 Å². The molecular weight excluding hydrogens is 388 g/mol. The molecule has 6 nitrogen and oxygen atoms in total. The molecule has 0 aliphatic heterocycles. The highest BCUT2D eigenvalue weighted by Gasteiger charge is 2.19. The van der Waals surface area contributed by atoms with Gasteiger partial charge >= 0.3 is 0 Å². The summed E-state index contributed by atoms with van der Waals surface area (Å²) in [6, 6.07) is 17.5. The summed E-state index contributed by atoms with van der Waals surface area (Å²) in [5, 5.41) is 8.57. The van der Waals surface area contributed by atoms with Gasteiger partial charge < -0.3 is 10.1 Å². The fourth-order valence-corrected chi connectivity index (χ4v) is 3.58. The maximum absolute atomic E-state index is 12.7. The number of hydrogen-bond donors (Lipinski definition) is 1. The van der Waals surface area contributed by atoms with Crippen LogP contribution in [0.1, 0.15) is 29.3 Å². The summed E-state index contributed by atoms with van der Waals surface area (Å²) in [7, 11) is 0. The molecule has 0 saturated carbocycles. The van der Waals surface area contributed by atoms with Crippen molar-refractivity contribution in [1.82, 2.24) is 14.8 Å². The Kier molecular flexibility index (Phi) is 5.46. The van der Waals surface area contributed by atoms with Gasteiger partial charge in [0.05, 0.1) is 11.4 Å². The van der Waals surface area contributed by atoms with Crippen LogP contribution in [0, 0.1) is 27.7 Å². The van der Waals surface area contributed by atoms with E-state index in [0.717, 1.165) is 33.6 Å². The van der Waals surface area contributed by atoms with Crippen molar-refractivity contribution in [2.24, 2.45) is 0 Å². The highest BCUT2D eigenvalue weighted by Crippen LogP contribution is 2.27. The van der Waals surface area contributed by atoms with E-state index in [-0.39, 0.29) is 5.91 Å². The number of nitrogens with one attached hydrogen (secondary N) is 1. The predicted octanol–water partition coefficient (Wildman–Crippen LogP) is 5.06. The third-order valence-electron chi connectivity index (χ3n) is 5.43. The lowest BCUT2D eigenvalue weighted by molar-refractivity contribution is -0.122. The van der Waals surface area contributed by atoms with E-state index in [4.69, 9.17) is 4.74 Å². The van der Waals surface area contributed by atoms with Gasteiger partial charge in [0.2, 0.25) is 5.88 Å². The van der Waals surface area contributed by atoms with Gasteiger partial charge in [0, 0.05) is 17.1 Å². The number of anilines is 1. The van der Waals surface area contributed by atoms with E-state index in [2.05, 4.69) is 15.4 Å². The van der Waals surface area contributed by atoms with Crippen molar-refractivity contribution in [2.45, 2.75) is 40.7 Å². The van der Waals surface area contributed by atoms with Crippen LogP contribution in [0.15, 0.2) is 54.6 Å². The lowest BCUT2D eigenvalue weighted by atomic mass is 10.1. The fourth-order valence-electron chi connectivity index (χ4n) is 3.58. The Morgan fingerprint density at radius 1 is 0.968 bits per heavy atom. The number of rotatable bonds is 5. The molecule has 0 aliphatic rings. The standard InChI is InChI=1S/C25H26N4O2/c1-15-11-12-20(13-16(15)2)26-25(30)19(5)31-22-14-17(3)23-18(4)28-29(24(23)27-22)21-9-7-6-8-10-21/h6-14,19H,1-5H3,(H,26,30). The van der Waals surface area contributed by atoms with Crippen LogP contribution in [0.5, 0.6) is 5.88 Å².